The van der Waals surface area contributed by atoms with Crippen LogP contribution in [0.5, 0.6) is 0 Å². The molecule has 0 aliphatic heterocycles. The Morgan fingerprint density at radius 1 is 1.26 bits per heavy atom. The molecule has 2 rings (SSSR count). The lowest BCUT2D eigenvalue weighted by molar-refractivity contribution is -0.141. The Hall–Kier alpha value is -2.21. The molecule has 6 nitrogen and oxygen atoms in total. The van der Waals surface area contributed by atoms with Crippen molar-refractivity contribution in [1.82, 2.24) is 4.98 Å². The van der Waals surface area contributed by atoms with Gasteiger partial charge in [-0.2, -0.15) is 13.2 Å². The molecule has 27 heavy (non-hydrogen) atoms. The van der Waals surface area contributed by atoms with Gasteiger partial charge in [0.15, 0.2) is 10.8 Å². The second-order valence-corrected chi connectivity index (χ2v) is 8.07. The number of hydrogen-bond acceptors (Lipinski definition) is 6. The van der Waals surface area contributed by atoms with E-state index in [4.69, 9.17) is 0 Å². The highest BCUT2D eigenvalue weighted by Crippen LogP contribution is 2.37. The van der Waals surface area contributed by atoms with Gasteiger partial charge in [-0.1, -0.05) is 11.3 Å². The summed E-state index contributed by atoms with van der Waals surface area (Å²) in [6.45, 7) is 3.95. The maximum Gasteiger partial charge on any atom is 0.435 e. The molecule has 0 aliphatic carbocycles. The number of halogens is 4. The average molecular weight is 426 g/mol. The van der Waals surface area contributed by atoms with E-state index in [0.717, 1.165) is 12.1 Å². The van der Waals surface area contributed by atoms with Crippen molar-refractivity contribution in [2.24, 2.45) is 0 Å². The lowest BCUT2D eigenvalue weighted by Crippen LogP contribution is -2.15. The SMILES string of the molecule is CCOC(=O)c1sc(NS(=O)(=O)c2cc(C)c(F)c(C)c2)nc1C(F)(F)F. The molecule has 1 aromatic carbocycles. The summed E-state index contributed by atoms with van der Waals surface area (Å²) in [6, 6.07) is 2.07. The highest BCUT2D eigenvalue weighted by molar-refractivity contribution is 7.93. The van der Waals surface area contributed by atoms with E-state index in [-0.39, 0.29) is 34.0 Å². The molecule has 0 fully saturated rings. The highest BCUT2D eigenvalue weighted by atomic mass is 32.2. The molecule has 0 saturated carbocycles. The predicted molar refractivity (Wildman–Crippen MR) is 89.8 cm³/mol. The summed E-state index contributed by atoms with van der Waals surface area (Å²) < 4.78 is 84.2. The van der Waals surface area contributed by atoms with Crippen molar-refractivity contribution in [1.29, 1.82) is 0 Å². The Labute approximate surface area is 156 Å². The molecule has 0 radical (unpaired) electrons. The summed E-state index contributed by atoms with van der Waals surface area (Å²) in [7, 11) is -4.35. The summed E-state index contributed by atoms with van der Waals surface area (Å²) in [6.07, 6.45) is -4.98. The quantitative estimate of drug-likeness (QED) is 0.579. The van der Waals surface area contributed by atoms with Gasteiger partial charge in [-0.05, 0) is 44.0 Å². The van der Waals surface area contributed by atoms with E-state index in [1.54, 1.807) is 0 Å². The van der Waals surface area contributed by atoms with Crippen LogP contribution in [0.2, 0.25) is 0 Å². The lowest BCUT2D eigenvalue weighted by Gasteiger charge is -2.08. The van der Waals surface area contributed by atoms with E-state index in [9.17, 15) is 30.8 Å². The van der Waals surface area contributed by atoms with Crippen molar-refractivity contribution >= 4 is 32.5 Å². The minimum absolute atomic E-state index is 0.0534. The van der Waals surface area contributed by atoms with Crippen molar-refractivity contribution in [3.05, 3.63) is 39.6 Å². The molecular formula is C15H14F4N2O4S2. The first-order valence-electron chi connectivity index (χ1n) is 7.41. The minimum atomic E-state index is -4.98. The fourth-order valence-electron chi connectivity index (χ4n) is 2.13. The molecule has 0 bridgehead atoms. The number of nitrogens with one attached hydrogen (secondary N) is 1. The Bertz CT molecular complexity index is 961. The van der Waals surface area contributed by atoms with Gasteiger partial charge in [0.25, 0.3) is 10.0 Å². The fourth-order valence-corrected chi connectivity index (χ4v) is 4.41. The average Bonchev–Trinajstić information content (AvgIpc) is 2.95. The Kier molecular flexibility index (Phi) is 5.80. The molecule has 0 aliphatic rings. The van der Waals surface area contributed by atoms with E-state index >= 15 is 0 Å². The highest BCUT2D eigenvalue weighted by Gasteiger charge is 2.40. The van der Waals surface area contributed by atoms with Crippen molar-refractivity contribution in [3.63, 3.8) is 0 Å². The zero-order chi connectivity index (χ0) is 20.6. The van der Waals surface area contributed by atoms with Gasteiger partial charge in [-0.25, -0.2) is 22.6 Å². The minimum Gasteiger partial charge on any atom is -0.462 e. The van der Waals surface area contributed by atoms with Gasteiger partial charge in [0, 0.05) is 0 Å². The molecule has 0 atom stereocenters. The van der Waals surface area contributed by atoms with Crippen LogP contribution < -0.4 is 4.72 Å². The van der Waals surface area contributed by atoms with E-state index in [1.165, 1.54) is 20.8 Å². The number of alkyl halides is 3. The Balaban J connectivity index is 2.46. The number of aryl methyl sites for hydroxylation is 2. The smallest absolute Gasteiger partial charge is 0.435 e. The van der Waals surface area contributed by atoms with Crippen LogP contribution in [-0.4, -0.2) is 26.0 Å². The number of benzene rings is 1. The molecule has 0 saturated heterocycles. The number of aromatic nitrogens is 1. The van der Waals surface area contributed by atoms with Crippen molar-refractivity contribution in [3.8, 4) is 0 Å². The number of sulfonamides is 1. The molecule has 1 aromatic heterocycles. The van der Waals surface area contributed by atoms with Gasteiger partial charge in [0.1, 0.15) is 10.7 Å². The van der Waals surface area contributed by atoms with Crippen molar-refractivity contribution < 1.29 is 35.5 Å². The number of hydrogen-bond donors (Lipinski definition) is 1. The number of ether oxygens (including phenoxy) is 1. The van der Waals surface area contributed by atoms with E-state index in [0.29, 0.717) is 0 Å². The maximum atomic E-state index is 13.7. The topological polar surface area (TPSA) is 85.4 Å². The van der Waals surface area contributed by atoms with E-state index in [1.807, 2.05) is 4.72 Å². The summed E-state index contributed by atoms with van der Waals surface area (Å²) in [4.78, 5) is 13.7. The number of rotatable bonds is 5. The van der Waals surface area contributed by atoms with Crippen LogP contribution >= 0.6 is 11.3 Å². The number of carbonyl (C=O) groups excluding carboxylic acids is 1. The third-order valence-electron chi connectivity index (χ3n) is 3.30. The van der Waals surface area contributed by atoms with Crippen LogP contribution in [0.4, 0.5) is 22.7 Å². The Morgan fingerprint density at radius 3 is 2.30 bits per heavy atom. The van der Waals surface area contributed by atoms with Gasteiger partial charge >= 0.3 is 12.1 Å². The molecular weight excluding hydrogens is 412 g/mol. The first-order chi connectivity index (χ1) is 12.4. The van der Waals surface area contributed by atoms with Gasteiger partial charge in [-0.3, -0.25) is 4.72 Å². The summed E-state index contributed by atoms with van der Waals surface area (Å²) >= 11 is 0.198. The third-order valence-corrected chi connectivity index (χ3v) is 5.70. The van der Waals surface area contributed by atoms with Gasteiger partial charge in [-0.15, -0.1) is 0 Å². The van der Waals surface area contributed by atoms with E-state index < -0.39 is 43.7 Å². The zero-order valence-corrected chi connectivity index (χ0v) is 15.9. The monoisotopic (exact) mass is 426 g/mol. The van der Waals surface area contributed by atoms with Gasteiger partial charge in [0.2, 0.25) is 0 Å². The standard InChI is InChI=1S/C15H14F4N2O4S2/c1-4-25-13(22)11-12(15(17,18)19)20-14(26-11)21-27(23,24)9-5-7(2)10(16)8(3)6-9/h5-6H,4H2,1-3H3,(H,20,21). The number of esters is 1. The molecule has 2 aromatic rings. The van der Waals surface area contributed by atoms with Gasteiger partial charge < -0.3 is 4.74 Å². The Morgan fingerprint density at radius 2 is 1.81 bits per heavy atom. The van der Waals surface area contributed by atoms with Gasteiger partial charge in [0.05, 0.1) is 11.5 Å². The first kappa shape index (κ1) is 21.1. The lowest BCUT2D eigenvalue weighted by atomic mass is 10.1. The number of nitrogens with zero attached hydrogens (tertiary/aromatic N) is 1. The first-order valence-corrected chi connectivity index (χ1v) is 9.71. The van der Waals surface area contributed by atoms with Crippen LogP contribution in [0.15, 0.2) is 17.0 Å². The van der Waals surface area contributed by atoms with Crippen LogP contribution in [0.1, 0.15) is 33.4 Å². The van der Waals surface area contributed by atoms with Crippen LogP contribution in [0, 0.1) is 19.7 Å². The number of carbonyl (C=O) groups is 1. The molecule has 0 amide bonds. The molecule has 1 N–H and O–H groups in total. The predicted octanol–water partition coefficient (Wildman–Crippen LogP) is 3.90. The third kappa shape index (κ3) is 4.56. The van der Waals surface area contributed by atoms with Crippen LogP contribution in [0.3, 0.4) is 0 Å². The molecule has 12 heteroatoms. The largest absolute Gasteiger partial charge is 0.462 e. The van der Waals surface area contributed by atoms with Crippen LogP contribution in [0.25, 0.3) is 0 Å². The molecule has 1 heterocycles. The molecule has 0 unspecified atom stereocenters. The van der Waals surface area contributed by atoms with E-state index in [2.05, 4.69) is 9.72 Å². The molecule has 148 valence electrons. The number of thiazole rings is 1. The summed E-state index contributed by atoms with van der Waals surface area (Å²) in [5, 5.41) is -0.662. The second-order valence-electron chi connectivity index (χ2n) is 5.39. The summed E-state index contributed by atoms with van der Waals surface area (Å²) in [5.74, 6) is -1.85. The van der Waals surface area contributed by atoms with Crippen molar-refractivity contribution in [2.45, 2.75) is 31.8 Å². The second kappa shape index (κ2) is 7.43. The zero-order valence-electron chi connectivity index (χ0n) is 14.3. The van der Waals surface area contributed by atoms with Crippen molar-refractivity contribution in [2.75, 3.05) is 11.3 Å². The fraction of sp³-hybridized carbons (Fsp3) is 0.333. The maximum absolute atomic E-state index is 13.7. The normalized spacial score (nSPS) is 12.1. The number of anilines is 1. The molecule has 0 spiro atoms. The summed E-state index contributed by atoms with van der Waals surface area (Å²) in [5.41, 5.74) is -1.44. The van der Waals surface area contributed by atoms with Crippen LogP contribution in [-0.2, 0) is 20.9 Å².